The van der Waals surface area contributed by atoms with Crippen LogP contribution in [0.4, 0.5) is 5.69 Å². The minimum atomic E-state index is 0.311. The van der Waals surface area contributed by atoms with Crippen LogP contribution in [0, 0.1) is 0 Å². The summed E-state index contributed by atoms with van der Waals surface area (Å²) in [5.74, 6) is 0. The molecule has 0 spiro atoms. The number of thiocarbonyl (C=S) groups is 1. The van der Waals surface area contributed by atoms with Crippen LogP contribution in [0.2, 0.25) is 0 Å². The molecule has 110 valence electrons. The second kappa shape index (κ2) is 8.22. The van der Waals surface area contributed by atoms with Crippen LogP contribution < -0.4 is 10.6 Å². The van der Waals surface area contributed by atoms with Gasteiger partial charge in [0.05, 0.1) is 6.10 Å². The molecule has 2 N–H and O–H groups in total. The molecule has 0 aliphatic carbocycles. The summed E-state index contributed by atoms with van der Waals surface area (Å²) in [5, 5.41) is 7.10. The van der Waals surface area contributed by atoms with Crippen LogP contribution in [0.3, 0.4) is 0 Å². The molecule has 0 bridgehead atoms. The van der Waals surface area contributed by atoms with Gasteiger partial charge in [0.25, 0.3) is 0 Å². The fourth-order valence-corrected chi connectivity index (χ4v) is 2.52. The molecule has 1 aromatic carbocycles. The van der Waals surface area contributed by atoms with Crippen molar-refractivity contribution in [3.05, 3.63) is 29.8 Å². The highest BCUT2D eigenvalue weighted by atomic mass is 32.1. The van der Waals surface area contributed by atoms with E-state index in [0.29, 0.717) is 11.2 Å². The van der Waals surface area contributed by atoms with Crippen molar-refractivity contribution in [1.29, 1.82) is 0 Å². The van der Waals surface area contributed by atoms with Crippen molar-refractivity contribution in [2.24, 2.45) is 0 Å². The molecule has 4 heteroatoms. The SMILES string of the molecule is CCCCc1ccc(NC(=S)NC[C@H]2CCCO2)cc1. The van der Waals surface area contributed by atoms with Gasteiger partial charge >= 0.3 is 0 Å². The van der Waals surface area contributed by atoms with E-state index in [2.05, 4.69) is 41.8 Å². The Kier molecular flexibility index (Phi) is 6.27. The number of rotatable bonds is 6. The van der Waals surface area contributed by atoms with Crippen molar-refractivity contribution in [3.8, 4) is 0 Å². The Morgan fingerprint density at radius 2 is 2.15 bits per heavy atom. The number of aryl methyl sites for hydroxylation is 1. The predicted octanol–water partition coefficient (Wildman–Crippen LogP) is 3.49. The van der Waals surface area contributed by atoms with Gasteiger partial charge in [-0.2, -0.15) is 0 Å². The number of hydrogen-bond acceptors (Lipinski definition) is 2. The van der Waals surface area contributed by atoms with Crippen molar-refractivity contribution in [2.45, 2.75) is 45.1 Å². The lowest BCUT2D eigenvalue weighted by Crippen LogP contribution is -2.34. The molecule has 0 radical (unpaired) electrons. The molecule has 1 fully saturated rings. The van der Waals surface area contributed by atoms with Crippen LogP contribution >= 0.6 is 12.2 Å². The second-order valence-electron chi connectivity index (χ2n) is 5.27. The zero-order chi connectivity index (χ0) is 14.2. The fourth-order valence-electron chi connectivity index (χ4n) is 2.32. The first-order valence-electron chi connectivity index (χ1n) is 7.53. The van der Waals surface area contributed by atoms with E-state index in [1.165, 1.54) is 18.4 Å². The third-order valence-electron chi connectivity index (χ3n) is 3.55. The summed E-state index contributed by atoms with van der Waals surface area (Å²) in [5.41, 5.74) is 2.42. The Morgan fingerprint density at radius 3 is 2.80 bits per heavy atom. The van der Waals surface area contributed by atoms with Gasteiger partial charge < -0.3 is 15.4 Å². The zero-order valence-corrected chi connectivity index (χ0v) is 13.0. The lowest BCUT2D eigenvalue weighted by molar-refractivity contribution is 0.114. The van der Waals surface area contributed by atoms with Gasteiger partial charge in [-0.25, -0.2) is 0 Å². The molecule has 0 amide bonds. The quantitative estimate of drug-likeness (QED) is 0.786. The average molecular weight is 292 g/mol. The van der Waals surface area contributed by atoms with E-state index < -0.39 is 0 Å². The van der Waals surface area contributed by atoms with Crippen molar-refractivity contribution in [2.75, 3.05) is 18.5 Å². The molecule has 1 aromatic rings. The molecule has 0 aromatic heterocycles. The summed E-state index contributed by atoms with van der Waals surface area (Å²) < 4.78 is 5.56. The highest BCUT2D eigenvalue weighted by Crippen LogP contribution is 2.12. The van der Waals surface area contributed by atoms with Crippen LogP contribution in [0.25, 0.3) is 0 Å². The van der Waals surface area contributed by atoms with E-state index >= 15 is 0 Å². The minimum Gasteiger partial charge on any atom is -0.376 e. The molecule has 1 aliphatic heterocycles. The summed E-state index contributed by atoms with van der Waals surface area (Å²) in [4.78, 5) is 0. The maximum atomic E-state index is 5.56. The van der Waals surface area contributed by atoms with Crippen LogP contribution in [-0.4, -0.2) is 24.4 Å². The average Bonchev–Trinajstić information content (AvgIpc) is 2.98. The van der Waals surface area contributed by atoms with Crippen molar-refractivity contribution in [3.63, 3.8) is 0 Å². The van der Waals surface area contributed by atoms with Gasteiger partial charge in [-0.05, 0) is 55.6 Å². The van der Waals surface area contributed by atoms with Gasteiger partial charge in [-0.1, -0.05) is 25.5 Å². The van der Waals surface area contributed by atoms with E-state index in [-0.39, 0.29) is 0 Å². The summed E-state index contributed by atoms with van der Waals surface area (Å²) in [7, 11) is 0. The van der Waals surface area contributed by atoms with Crippen molar-refractivity contribution < 1.29 is 4.74 Å². The third-order valence-corrected chi connectivity index (χ3v) is 3.79. The molecule has 20 heavy (non-hydrogen) atoms. The normalized spacial score (nSPS) is 17.9. The van der Waals surface area contributed by atoms with Gasteiger partial charge in [-0.15, -0.1) is 0 Å². The van der Waals surface area contributed by atoms with E-state index in [1.54, 1.807) is 0 Å². The second-order valence-corrected chi connectivity index (χ2v) is 5.68. The first-order valence-corrected chi connectivity index (χ1v) is 7.94. The number of benzene rings is 1. The lowest BCUT2D eigenvalue weighted by Gasteiger charge is -2.14. The summed E-state index contributed by atoms with van der Waals surface area (Å²) >= 11 is 5.30. The molecule has 1 heterocycles. The smallest absolute Gasteiger partial charge is 0.170 e. The summed E-state index contributed by atoms with van der Waals surface area (Å²) in [6, 6.07) is 8.51. The molecule has 2 rings (SSSR count). The topological polar surface area (TPSA) is 33.3 Å². The number of nitrogens with one attached hydrogen (secondary N) is 2. The molecule has 0 unspecified atom stereocenters. The first-order chi connectivity index (χ1) is 9.78. The Labute approximate surface area is 127 Å². The monoisotopic (exact) mass is 292 g/mol. The number of anilines is 1. The van der Waals surface area contributed by atoms with Crippen molar-refractivity contribution in [1.82, 2.24) is 5.32 Å². The lowest BCUT2D eigenvalue weighted by atomic mass is 10.1. The van der Waals surface area contributed by atoms with Crippen molar-refractivity contribution >= 4 is 23.0 Å². The van der Waals surface area contributed by atoms with Gasteiger partial charge in [0.1, 0.15) is 0 Å². The minimum absolute atomic E-state index is 0.311. The maximum absolute atomic E-state index is 5.56. The highest BCUT2D eigenvalue weighted by molar-refractivity contribution is 7.80. The largest absolute Gasteiger partial charge is 0.376 e. The molecule has 1 atom stereocenters. The Balaban J connectivity index is 1.72. The Hall–Kier alpha value is -1.13. The van der Waals surface area contributed by atoms with Gasteiger partial charge in [0, 0.05) is 18.8 Å². The van der Waals surface area contributed by atoms with Crippen LogP contribution in [0.5, 0.6) is 0 Å². The number of ether oxygens (including phenoxy) is 1. The third kappa shape index (κ3) is 5.10. The Bertz CT molecular complexity index is 413. The molecule has 3 nitrogen and oxygen atoms in total. The molecule has 1 saturated heterocycles. The van der Waals surface area contributed by atoms with Gasteiger partial charge in [0.15, 0.2) is 5.11 Å². The summed E-state index contributed by atoms with van der Waals surface area (Å²) in [6.07, 6.45) is 6.23. The zero-order valence-electron chi connectivity index (χ0n) is 12.2. The van der Waals surface area contributed by atoms with Crippen LogP contribution in [0.1, 0.15) is 38.2 Å². The fraction of sp³-hybridized carbons (Fsp3) is 0.562. The van der Waals surface area contributed by atoms with E-state index in [0.717, 1.165) is 38.1 Å². The van der Waals surface area contributed by atoms with E-state index in [1.807, 2.05) is 0 Å². The number of unbranched alkanes of at least 4 members (excludes halogenated alkanes) is 1. The van der Waals surface area contributed by atoms with Gasteiger partial charge in [-0.3, -0.25) is 0 Å². The maximum Gasteiger partial charge on any atom is 0.170 e. The van der Waals surface area contributed by atoms with Crippen LogP contribution in [0.15, 0.2) is 24.3 Å². The molecule has 1 aliphatic rings. The molecular formula is C16H24N2OS. The summed E-state index contributed by atoms with van der Waals surface area (Å²) in [6.45, 7) is 3.89. The standard InChI is InChI=1S/C16H24N2OS/c1-2-3-5-13-7-9-14(10-8-13)18-16(20)17-12-15-6-4-11-19-15/h7-10,15H,2-6,11-12H2,1H3,(H2,17,18,20)/t15-/m1/s1. The first kappa shape index (κ1) is 15.3. The molecule has 0 saturated carbocycles. The number of hydrogen-bond donors (Lipinski definition) is 2. The van der Waals surface area contributed by atoms with E-state index in [9.17, 15) is 0 Å². The van der Waals surface area contributed by atoms with E-state index in [4.69, 9.17) is 17.0 Å². The Morgan fingerprint density at radius 1 is 1.35 bits per heavy atom. The predicted molar refractivity (Wildman–Crippen MR) is 88.3 cm³/mol. The van der Waals surface area contributed by atoms with Crippen LogP contribution in [-0.2, 0) is 11.2 Å². The van der Waals surface area contributed by atoms with Gasteiger partial charge in [0.2, 0.25) is 0 Å². The molecular weight excluding hydrogens is 268 g/mol. The highest BCUT2D eigenvalue weighted by Gasteiger charge is 2.15.